The van der Waals surface area contributed by atoms with E-state index in [0.717, 1.165) is 19.1 Å². The van der Waals surface area contributed by atoms with E-state index in [0.29, 0.717) is 18.0 Å². The third-order valence-electron chi connectivity index (χ3n) is 4.05. The Morgan fingerprint density at radius 3 is 2.74 bits per heavy atom. The van der Waals surface area contributed by atoms with E-state index >= 15 is 0 Å². The molecule has 3 rings (SSSR count). The van der Waals surface area contributed by atoms with Crippen molar-refractivity contribution in [2.75, 3.05) is 5.32 Å². The summed E-state index contributed by atoms with van der Waals surface area (Å²) in [5, 5.41) is 27.5. The second kappa shape index (κ2) is 6.90. The van der Waals surface area contributed by atoms with Crippen LogP contribution < -0.4 is 16.2 Å². The third kappa shape index (κ3) is 4.02. The lowest BCUT2D eigenvalue weighted by Gasteiger charge is -2.21. The van der Waals surface area contributed by atoms with Gasteiger partial charge in [0.05, 0.1) is 0 Å². The smallest absolute Gasteiger partial charge is 0.270 e. The lowest BCUT2D eigenvalue weighted by atomic mass is 9.97. The van der Waals surface area contributed by atoms with Gasteiger partial charge in [0.2, 0.25) is 5.88 Å². The van der Waals surface area contributed by atoms with Crippen LogP contribution in [0.4, 0.5) is 5.82 Å². The fraction of sp³-hybridized carbons (Fsp3) is 0.444. The number of hydrogen-bond acceptors (Lipinski definition) is 6. The van der Waals surface area contributed by atoms with Gasteiger partial charge in [0.25, 0.3) is 11.5 Å². The molecule has 144 valence electrons. The molecule has 1 aliphatic carbocycles. The van der Waals surface area contributed by atoms with Crippen LogP contribution in [0.25, 0.3) is 5.65 Å². The molecule has 27 heavy (non-hydrogen) atoms. The van der Waals surface area contributed by atoms with Crippen molar-refractivity contribution in [1.82, 2.24) is 19.5 Å². The Morgan fingerprint density at radius 2 is 2.15 bits per heavy atom. The molecule has 0 radical (unpaired) electrons. The normalized spacial score (nSPS) is 14.6. The largest absolute Gasteiger partial charge is 0.492 e. The molecule has 2 aromatic rings. The van der Waals surface area contributed by atoms with E-state index < -0.39 is 17.3 Å². The number of amides is 1. The second-order valence-corrected chi connectivity index (χ2v) is 7.87. The molecule has 0 unspecified atom stereocenters. The van der Waals surface area contributed by atoms with Gasteiger partial charge in [-0.15, -0.1) is 5.10 Å². The van der Waals surface area contributed by atoms with Crippen molar-refractivity contribution < 1.29 is 9.90 Å². The second-order valence-electron chi connectivity index (χ2n) is 7.87. The molecule has 1 fully saturated rings. The van der Waals surface area contributed by atoms with Crippen LogP contribution in [0.2, 0.25) is 0 Å². The average Bonchev–Trinajstić information content (AvgIpc) is 3.27. The van der Waals surface area contributed by atoms with Crippen LogP contribution in [-0.4, -0.2) is 37.5 Å². The molecule has 1 aliphatic rings. The van der Waals surface area contributed by atoms with Crippen LogP contribution in [-0.2, 0) is 6.54 Å². The van der Waals surface area contributed by atoms with Gasteiger partial charge in [0.15, 0.2) is 11.4 Å². The van der Waals surface area contributed by atoms with Gasteiger partial charge in [-0.3, -0.25) is 14.2 Å². The van der Waals surface area contributed by atoms with Gasteiger partial charge in [-0.25, -0.2) is 0 Å². The predicted octanol–water partition coefficient (Wildman–Crippen LogP) is 1.72. The number of anilines is 1. The molecule has 1 amide bonds. The predicted molar refractivity (Wildman–Crippen MR) is 103 cm³/mol. The van der Waals surface area contributed by atoms with Crippen molar-refractivity contribution in [2.45, 2.75) is 46.2 Å². The third-order valence-corrected chi connectivity index (χ3v) is 4.05. The van der Waals surface area contributed by atoms with Crippen LogP contribution in [0.3, 0.4) is 0 Å². The number of fused-ring (bicyclic) bond motifs is 1. The summed E-state index contributed by atoms with van der Waals surface area (Å²) in [4.78, 5) is 25.6. The van der Waals surface area contributed by atoms with Crippen molar-refractivity contribution in [3.8, 4) is 5.88 Å². The van der Waals surface area contributed by atoms with E-state index in [9.17, 15) is 14.7 Å². The highest BCUT2D eigenvalue weighted by Gasteiger charge is 2.30. The molecule has 0 aliphatic heterocycles. The number of nitrogens with zero attached hydrogens (tertiary/aromatic N) is 3. The first kappa shape index (κ1) is 18.7. The molecule has 9 heteroatoms. The minimum Gasteiger partial charge on any atom is -0.492 e. The van der Waals surface area contributed by atoms with Crippen molar-refractivity contribution in [3.05, 3.63) is 34.3 Å². The number of carbonyl (C=O) groups excluding carboxylic acids is 1. The fourth-order valence-electron chi connectivity index (χ4n) is 2.72. The standard InChI is InChI=1S/C18H24N6O3/c1-18(2,3)10-23-13-9-12(20-8-4-7-19)22-24(13)17(27)14(16(23)26)15(25)21-11-5-6-11/h4,7-9,11,19,27H,5-6,10H2,1-3H3,(H,20,22)(H,21,25)/b8-4-,19-7?. The monoisotopic (exact) mass is 372 g/mol. The SMILES string of the molecule is CC(C)(C)Cn1c(=O)c(C(=O)NC2CC2)c(O)n2nc(N/C=C\C=N)cc12. The molecule has 0 atom stereocenters. The topological polar surface area (TPSA) is 125 Å². The van der Waals surface area contributed by atoms with Gasteiger partial charge in [0.1, 0.15) is 5.65 Å². The molecule has 0 saturated heterocycles. The Labute approximate surface area is 156 Å². The maximum absolute atomic E-state index is 13.0. The van der Waals surface area contributed by atoms with Gasteiger partial charge < -0.3 is 21.1 Å². The molecule has 0 aromatic carbocycles. The lowest BCUT2D eigenvalue weighted by Crippen LogP contribution is -2.37. The first-order chi connectivity index (χ1) is 12.7. The summed E-state index contributed by atoms with van der Waals surface area (Å²) in [6.45, 7) is 6.29. The summed E-state index contributed by atoms with van der Waals surface area (Å²) >= 11 is 0. The van der Waals surface area contributed by atoms with E-state index in [1.807, 2.05) is 20.8 Å². The van der Waals surface area contributed by atoms with Gasteiger partial charge >= 0.3 is 0 Å². The van der Waals surface area contributed by atoms with Crippen LogP contribution in [0, 0.1) is 10.8 Å². The van der Waals surface area contributed by atoms with E-state index in [1.54, 1.807) is 6.07 Å². The minimum absolute atomic E-state index is 0.0594. The average molecular weight is 372 g/mol. The first-order valence-electron chi connectivity index (χ1n) is 8.80. The van der Waals surface area contributed by atoms with Gasteiger partial charge in [-0.2, -0.15) is 4.52 Å². The highest BCUT2D eigenvalue weighted by atomic mass is 16.3. The molecule has 2 aromatic heterocycles. The van der Waals surface area contributed by atoms with Crippen molar-refractivity contribution in [1.29, 1.82) is 5.41 Å². The van der Waals surface area contributed by atoms with Crippen molar-refractivity contribution >= 4 is 23.6 Å². The highest BCUT2D eigenvalue weighted by Crippen LogP contribution is 2.24. The minimum atomic E-state index is -0.585. The number of aromatic hydroxyl groups is 1. The van der Waals surface area contributed by atoms with Crippen molar-refractivity contribution in [3.63, 3.8) is 0 Å². The molecule has 0 bridgehead atoms. The summed E-state index contributed by atoms with van der Waals surface area (Å²) in [5.74, 6) is -0.689. The molecule has 1 saturated carbocycles. The zero-order valence-corrected chi connectivity index (χ0v) is 15.6. The van der Waals surface area contributed by atoms with Crippen LogP contribution in [0.15, 0.2) is 23.1 Å². The van der Waals surface area contributed by atoms with Crippen LogP contribution in [0.1, 0.15) is 44.0 Å². The van der Waals surface area contributed by atoms with E-state index in [-0.39, 0.29) is 17.0 Å². The Morgan fingerprint density at radius 1 is 1.44 bits per heavy atom. The summed E-state index contributed by atoms with van der Waals surface area (Å²) in [6, 6.07) is 1.67. The summed E-state index contributed by atoms with van der Waals surface area (Å²) in [6.07, 6.45) is 5.84. The summed E-state index contributed by atoms with van der Waals surface area (Å²) in [5.41, 5.74) is -0.706. The Kier molecular flexibility index (Phi) is 4.77. The van der Waals surface area contributed by atoms with E-state index in [2.05, 4.69) is 15.7 Å². The number of hydrogen-bond donors (Lipinski definition) is 4. The van der Waals surface area contributed by atoms with Gasteiger partial charge in [-0.1, -0.05) is 20.8 Å². The lowest BCUT2D eigenvalue weighted by molar-refractivity contribution is 0.0944. The molecular weight excluding hydrogens is 348 g/mol. The number of rotatable bonds is 6. The summed E-state index contributed by atoms with van der Waals surface area (Å²) in [7, 11) is 0. The molecule has 4 N–H and O–H groups in total. The van der Waals surface area contributed by atoms with Crippen LogP contribution in [0.5, 0.6) is 5.88 Å². The quantitative estimate of drug-likeness (QED) is 0.575. The molecular formula is C18H24N6O3. The molecule has 2 heterocycles. The number of nitrogens with one attached hydrogen (secondary N) is 3. The van der Waals surface area contributed by atoms with E-state index in [4.69, 9.17) is 5.41 Å². The Bertz CT molecular complexity index is 976. The Balaban J connectivity index is 2.16. The maximum Gasteiger partial charge on any atom is 0.270 e. The molecule has 9 nitrogen and oxygen atoms in total. The van der Waals surface area contributed by atoms with Gasteiger partial charge in [-0.05, 0) is 24.3 Å². The number of allylic oxidation sites excluding steroid dienone is 1. The molecule has 0 spiro atoms. The Hall–Kier alpha value is -3.10. The summed E-state index contributed by atoms with van der Waals surface area (Å²) < 4.78 is 2.65. The van der Waals surface area contributed by atoms with Crippen molar-refractivity contribution in [2.24, 2.45) is 5.41 Å². The first-order valence-corrected chi connectivity index (χ1v) is 8.80. The fourth-order valence-corrected chi connectivity index (χ4v) is 2.72. The highest BCUT2D eigenvalue weighted by molar-refractivity contribution is 5.96. The maximum atomic E-state index is 13.0. The zero-order valence-electron chi connectivity index (χ0n) is 15.6. The van der Waals surface area contributed by atoms with Crippen LogP contribution >= 0.6 is 0 Å². The van der Waals surface area contributed by atoms with Gasteiger partial charge in [0, 0.05) is 31.1 Å². The zero-order chi connectivity index (χ0) is 19.8. The van der Waals surface area contributed by atoms with E-state index in [1.165, 1.54) is 21.4 Å². The number of aromatic nitrogens is 3. The number of carbonyl (C=O) groups is 1.